The van der Waals surface area contributed by atoms with Gasteiger partial charge in [-0.2, -0.15) is 4.74 Å². The van der Waals surface area contributed by atoms with Crippen LogP contribution in [0.5, 0.6) is 0 Å². The molecule has 0 radical (unpaired) electrons. The number of hydrogen-bond acceptors (Lipinski definition) is 3. The summed E-state index contributed by atoms with van der Waals surface area (Å²) in [5, 5.41) is 0.374. The lowest BCUT2D eigenvalue weighted by Crippen LogP contribution is -2.35. The highest BCUT2D eigenvalue weighted by molar-refractivity contribution is 8.00. The van der Waals surface area contributed by atoms with Crippen molar-refractivity contribution in [3.05, 3.63) is 36.4 Å². The Balaban J connectivity index is 2.01. The zero-order valence-electron chi connectivity index (χ0n) is 11.5. The van der Waals surface area contributed by atoms with Gasteiger partial charge in [-0.1, -0.05) is 18.2 Å². The number of benzene rings is 1. The molecule has 0 aromatic heterocycles. The molecule has 1 aromatic rings. The molecule has 0 N–H and O–H groups in total. The highest BCUT2D eigenvalue weighted by atomic mass is 32.2. The third kappa shape index (κ3) is 4.05. The minimum Gasteiger partial charge on any atom is -0.389 e. The first kappa shape index (κ1) is 14.0. The summed E-state index contributed by atoms with van der Waals surface area (Å²) in [5.74, 6) is 0. The molecule has 0 bridgehead atoms. The number of rotatable bonds is 4. The summed E-state index contributed by atoms with van der Waals surface area (Å²) in [6.07, 6.45) is 1.99. The van der Waals surface area contributed by atoms with E-state index >= 15 is 0 Å². The molecule has 1 aliphatic heterocycles. The molecule has 0 amide bonds. The molecule has 4 heteroatoms. The van der Waals surface area contributed by atoms with Crippen LogP contribution in [-0.2, 0) is 9.16 Å². The highest BCUT2D eigenvalue weighted by Gasteiger charge is 2.45. The molecule has 2 rings (SSSR count). The Kier molecular flexibility index (Phi) is 4.43. The maximum atomic E-state index is 6.13. The lowest BCUT2D eigenvalue weighted by molar-refractivity contribution is -0.0368. The Morgan fingerprint density at radius 3 is 2.56 bits per heavy atom. The Hall–Kier alpha value is -0.423. The normalized spacial score (nSPS) is 24.6. The summed E-state index contributed by atoms with van der Waals surface area (Å²) in [6, 6.07) is 10.5. The lowest BCUT2D eigenvalue weighted by Gasteiger charge is -2.23. The van der Waals surface area contributed by atoms with E-state index in [1.54, 1.807) is 0 Å². The molecule has 1 saturated heterocycles. The van der Waals surface area contributed by atoms with Gasteiger partial charge in [-0.05, 0) is 31.8 Å². The zero-order chi connectivity index (χ0) is 13.2. The molecule has 2 atom stereocenters. The predicted molar refractivity (Wildman–Crippen MR) is 78.9 cm³/mol. The predicted octanol–water partition coefficient (Wildman–Crippen LogP) is 4.30. The van der Waals surface area contributed by atoms with Gasteiger partial charge in [0, 0.05) is 4.90 Å². The average Bonchev–Trinajstić information content (AvgIpc) is 2.57. The van der Waals surface area contributed by atoms with E-state index in [9.17, 15) is 0 Å². The molecule has 18 heavy (non-hydrogen) atoms. The van der Waals surface area contributed by atoms with Crippen LogP contribution in [0.4, 0.5) is 0 Å². The van der Waals surface area contributed by atoms with E-state index in [2.05, 4.69) is 43.9 Å². The molecule has 1 aromatic carbocycles. The Morgan fingerprint density at radius 2 is 1.94 bits per heavy atom. The summed E-state index contributed by atoms with van der Waals surface area (Å²) in [6.45, 7) is 8.66. The fourth-order valence-electron chi connectivity index (χ4n) is 1.92. The van der Waals surface area contributed by atoms with E-state index in [-0.39, 0.29) is 6.29 Å². The Bertz CT molecular complexity index is 377. The molecular weight excluding hydrogens is 260 g/mol. The second-order valence-electron chi connectivity index (χ2n) is 5.59. The molecule has 98 valence electrons. The van der Waals surface area contributed by atoms with Crippen LogP contribution in [-0.4, -0.2) is 19.9 Å². The maximum Gasteiger partial charge on any atom is 0.243 e. The van der Waals surface area contributed by atoms with Crippen LogP contribution in [0.2, 0.25) is 19.6 Å². The molecule has 2 unspecified atom stereocenters. The van der Waals surface area contributed by atoms with Gasteiger partial charge in [0.25, 0.3) is 0 Å². The maximum absolute atomic E-state index is 6.13. The van der Waals surface area contributed by atoms with Gasteiger partial charge in [0.1, 0.15) is 18.6 Å². The van der Waals surface area contributed by atoms with Crippen molar-refractivity contribution in [3.8, 4) is 0 Å². The van der Waals surface area contributed by atoms with Crippen molar-refractivity contribution in [2.75, 3.05) is 0 Å². The largest absolute Gasteiger partial charge is 0.389 e. The number of ether oxygens (including phenoxy) is 1. The second kappa shape index (κ2) is 5.69. The van der Waals surface area contributed by atoms with Crippen LogP contribution >= 0.6 is 11.8 Å². The van der Waals surface area contributed by atoms with Gasteiger partial charge in [0.05, 0.1) is 0 Å². The van der Waals surface area contributed by atoms with Gasteiger partial charge in [-0.25, -0.2) is 0 Å². The summed E-state index contributed by atoms with van der Waals surface area (Å²) in [7, 11) is -1.56. The smallest absolute Gasteiger partial charge is 0.243 e. The van der Waals surface area contributed by atoms with Crippen molar-refractivity contribution in [2.24, 2.45) is 0 Å². The molecule has 2 nitrogen and oxygen atoms in total. The summed E-state index contributed by atoms with van der Waals surface area (Å²) < 4.78 is 12.0. The van der Waals surface area contributed by atoms with E-state index < -0.39 is 8.32 Å². The first-order valence-corrected chi connectivity index (χ1v) is 10.6. The second-order valence-corrected chi connectivity index (χ2v) is 11.4. The van der Waals surface area contributed by atoms with Crippen LogP contribution in [0.25, 0.3) is 0 Å². The van der Waals surface area contributed by atoms with Crippen LogP contribution in [0, 0.1) is 6.10 Å². The molecule has 0 aliphatic carbocycles. The first-order chi connectivity index (χ1) is 8.44. The monoisotopic (exact) mass is 281 g/mol. The van der Waals surface area contributed by atoms with E-state index in [1.807, 2.05) is 24.8 Å². The number of hydrogen-bond donors (Lipinski definition) is 0. The van der Waals surface area contributed by atoms with Crippen LogP contribution in [0.1, 0.15) is 13.3 Å². The minimum absolute atomic E-state index is 0.0816. The Labute approximate surface area is 115 Å². The van der Waals surface area contributed by atoms with Gasteiger partial charge in [-0.15, -0.1) is 11.8 Å². The van der Waals surface area contributed by atoms with Crippen molar-refractivity contribution in [2.45, 2.75) is 49.4 Å². The Morgan fingerprint density at radius 1 is 1.28 bits per heavy atom. The molecular formula is C14H21O2SSi+. The van der Waals surface area contributed by atoms with Crippen molar-refractivity contribution in [3.63, 3.8) is 0 Å². The summed E-state index contributed by atoms with van der Waals surface area (Å²) in [4.78, 5) is 1.28. The molecule has 1 fully saturated rings. The van der Waals surface area contributed by atoms with Gasteiger partial charge in [0.2, 0.25) is 12.4 Å². The number of thioether (sulfide) groups is 1. The first-order valence-electron chi connectivity index (χ1n) is 6.33. The van der Waals surface area contributed by atoms with Crippen molar-refractivity contribution >= 4 is 20.1 Å². The zero-order valence-corrected chi connectivity index (χ0v) is 13.3. The van der Waals surface area contributed by atoms with E-state index in [4.69, 9.17) is 9.16 Å². The quantitative estimate of drug-likeness (QED) is 0.605. The van der Waals surface area contributed by atoms with Crippen molar-refractivity contribution in [1.82, 2.24) is 0 Å². The highest BCUT2D eigenvalue weighted by Crippen LogP contribution is 2.39. The molecule has 0 saturated carbocycles. The van der Waals surface area contributed by atoms with Crippen LogP contribution in [0.15, 0.2) is 35.2 Å². The third-order valence-electron chi connectivity index (χ3n) is 2.61. The third-order valence-corrected chi connectivity index (χ3v) is 4.79. The summed E-state index contributed by atoms with van der Waals surface area (Å²) in [5.41, 5.74) is 0. The lowest BCUT2D eigenvalue weighted by atomic mass is 10.2. The van der Waals surface area contributed by atoms with Crippen molar-refractivity contribution in [1.29, 1.82) is 0 Å². The standard InChI is InChI=1S/C14H21O2SSi/c1-11-10-13(14(15-11)16-18(2,3)4)17-12-8-6-5-7-9-12/h5-9,13-14H,10H2,1-4H3/q+1. The molecule has 1 heterocycles. The molecule has 1 aliphatic rings. The fraction of sp³-hybridized carbons (Fsp3) is 0.500. The average molecular weight is 281 g/mol. The SMILES string of the molecule is C[C+]1CC(Sc2ccccc2)C(O[Si](C)(C)C)O1. The fourth-order valence-corrected chi connectivity index (χ4v) is 4.13. The van der Waals surface area contributed by atoms with Crippen LogP contribution in [0.3, 0.4) is 0 Å². The van der Waals surface area contributed by atoms with Crippen molar-refractivity contribution < 1.29 is 9.16 Å². The van der Waals surface area contributed by atoms with Gasteiger partial charge in [0.15, 0.2) is 8.32 Å². The topological polar surface area (TPSA) is 18.5 Å². The van der Waals surface area contributed by atoms with Crippen LogP contribution < -0.4 is 0 Å². The van der Waals surface area contributed by atoms with E-state index in [0.717, 1.165) is 12.5 Å². The van der Waals surface area contributed by atoms with Gasteiger partial charge >= 0.3 is 0 Å². The van der Waals surface area contributed by atoms with Gasteiger partial charge in [-0.3, -0.25) is 0 Å². The van der Waals surface area contributed by atoms with E-state index in [0.29, 0.717) is 5.25 Å². The summed E-state index contributed by atoms with van der Waals surface area (Å²) >= 11 is 1.86. The van der Waals surface area contributed by atoms with Gasteiger partial charge < -0.3 is 4.43 Å². The minimum atomic E-state index is -1.56. The molecule has 0 spiro atoms. The van der Waals surface area contributed by atoms with E-state index in [1.165, 1.54) is 4.90 Å².